The molecular formula is C22H31NO. The lowest BCUT2D eigenvalue weighted by atomic mass is 9.68. The van der Waals surface area contributed by atoms with E-state index in [9.17, 15) is 0 Å². The molecule has 1 aliphatic rings. The van der Waals surface area contributed by atoms with Crippen LogP contribution in [0.25, 0.3) is 0 Å². The highest BCUT2D eigenvalue weighted by atomic mass is 16.5. The van der Waals surface area contributed by atoms with Gasteiger partial charge in [-0.1, -0.05) is 71.9 Å². The maximum atomic E-state index is 8.79. The van der Waals surface area contributed by atoms with Gasteiger partial charge in [0.25, 0.3) is 0 Å². The summed E-state index contributed by atoms with van der Waals surface area (Å²) in [6.07, 6.45) is 4.31. The lowest BCUT2D eigenvalue weighted by Crippen LogP contribution is -2.37. The zero-order valence-corrected chi connectivity index (χ0v) is 16.2. The Morgan fingerprint density at radius 3 is 1.71 bits per heavy atom. The van der Waals surface area contributed by atoms with E-state index in [0.717, 1.165) is 16.7 Å². The molecule has 24 heavy (non-hydrogen) atoms. The number of ether oxygens (including phenoxy) is 1. The second kappa shape index (κ2) is 6.33. The van der Waals surface area contributed by atoms with E-state index in [0.29, 0.717) is 12.3 Å². The van der Waals surface area contributed by atoms with Crippen molar-refractivity contribution < 1.29 is 4.74 Å². The van der Waals surface area contributed by atoms with Crippen molar-refractivity contribution >= 4 is 5.71 Å². The van der Waals surface area contributed by atoms with Gasteiger partial charge in [-0.3, -0.25) is 0 Å². The molecule has 0 unspecified atom stereocenters. The van der Waals surface area contributed by atoms with Crippen LogP contribution in [0, 0.1) is 16.2 Å². The summed E-state index contributed by atoms with van der Waals surface area (Å²) < 4.78 is 6.31. The van der Waals surface area contributed by atoms with Gasteiger partial charge in [-0.25, -0.2) is 0 Å². The quantitative estimate of drug-likeness (QED) is 0.737. The van der Waals surface area contributed by atoms with E-state index in [1.165, 1.54) is 0 Å². The first-order chi connectivity index (χ1) is 11.0. The van der Waals surface area contributed by atoms with Crippen molar-refractivity contribution in [3.63, 3.8) is 0 Å². The summed E-state index contributed by atoms with van der Waals surface area (Å²) in [7, 11) is 0. The van der Waals surface area contributed by atoms with Crippen LogP contribution in [0.5, 0.6) is 0 Å². The Labute approximate surface area is 147 Å². The minimum Gasteiger partial charge on any atom is -0.362 e. The van der Waals surface area contributed by atoms with Gasteiger partial charge in [-0.05, 0) is 46.6 Å². The highest BCUT2D eigenvalue weighted by molar-refractivity contribution is 6.13. The van der Waals surface area contributed by atoms with Crippen LogP contribution < -0.4 is 0 Å². The molecule has 0 radical (unpaired) electrons. The molecule has 2 rings (SSSR count). The number of benzene rings is 1. The van der Waals surface area contributed by atoms with Gasteiger partial charge in [-0.15, -0.1) is 0 Å². The van der Waals surface area contributed by atoms with Gasteiger partial charge in [0.15, 0.2) is 0 Å². The molecule has 1 N–H and O–H groups in total. The second-order valence-corrected chi connectivity index (χ2v) is 8.58. The Kier molecular flexibility index (Phi) is 4.92. The van der Waals surface area contributed by atoms with Crippen LogP contribution >= 0.6 is 0 Å². The Morgan fingerprint density at radius 2 is 1.33 bits per heavy atom. The molecule has 0 fully saturated rings. The van der Waals surface area contributed by atoms with E-state index in [1.807, 2.05) is 25.1 Å². The first kappa shape index (κ1) is 18.7. The van der Waals surface area contributed by atoms with Gasteiger partial charge in [-0.2, -0.15) is 0 Å². The number of nitrogens with one attached hydrogen (secondary N) is 1. The monoisotopic (exact) mass is 325 g/mol. The molecule has 1 aromatic carbocycles. The van der Waals surface area contributed by atoms with Crippen molar-refractivity contribution in [2.75, 3.05) is 6.61 Å². The summed E-state index contributed by atoms with van der Waals surface area (Å²) in [4.78, 5) is 0. The summed E-state index contributed by atoms with van der Waals surface area (Å²) in [5.74, 6) is 0. The van der Waals surface area contributed by atoms with Crippen LogP contribution in [0.4, 0.5) is 0 Å². The summed E-state index contributed by atoms with van der Waals surface area (Å²) in [5.41, 5.74) is 3.02. The molecule has 0 bridgehead atoms. The van der Waals surface area contributed by atoms with Crippen molar-refractivity contribution in [2.45, 2.75) is 54.1 Å². The Hall–Kier alpha value is -1.67. The minimum atomic E-state index is -0.605. The fourth-order valence-electron chi connectivity index (χ4n) is 3.21. The maximum Gasteiger partial charge on any atom is 0.131 e. The lowest BCUT2D eigenvalue weighted by Gasteiger charge is -2.40. The Balaban J connectivity index is 2.77. The zero-order valence-electron chi connectivity index (χ0n) is 16.2. The van der Waals surface area contributed by atoms with Crippen molar-refractivity contribution in [3.8, 4) is 0 Å². The average molecular weight is 325 g/mol. The van der Waals surface area contributed by atoms with E-state index >= 15 is 0 Å². The fraction of sp³-hybridized carbons (Fsp3) is 0.500. The van der Waals surface area contributed by atoms with E-state index in [-0.39, 0.29) is 10.8 Å². The minimum absolute atomic E-state index is 0.112. The third-order valence-corrected chi connectivity index (χ3v) is 4.48. The zero-order chi connectivity index (χ0) is 18.2. The summed E-state index contributed by atoms with van der Waals surface area (Å²) in [6.45, 7) is 15.6. The van der Waals surface area contributed by atoms with Gasteiger partial charge >= 0.3 is 0 Å². The van der Waals surface area contributed by atoms with E-state index in [4.69, 9.17) is 10.1 Å². The van der Waals surface area contributed by atoms with Crippen molar-refractivity contribution in [1.29, 1.82) is 5.41 Å². The molecule has 2 heteroatoms. The Bertz CT molecular complexity index is 632. The summed E-state index contributed by atoms with van der Waals surface area (Å²) in [6, 6.07) is 10.3. The van der Waals surface area contributed by atoms with Crippen LogP contribution in [0.1, 0.15) is 54.0 Å². The highest BCUT2D eigenvalue weighted by Gasteiger charge is 2.40. The lowest BCUT2D eigenvalue weighted by molar-refractivity contribution is 0.0311. The maximum absolute atomic E-state index is 8.79. The smallest absolute Gasteiger partial charge is 0.131 e. The largest absolute Gasteiger partial charge is 0.362 e. The van der Waals surface area contributed by atoms with Crippen LogP contribution in [-0.4, -0.2) is 12.3 Å². The number of hydrogen-bond donors (Lipinski definition) is 1. The summed E-state index contributed by atoms with van der Waals surface area (Å²) >= 11 is 0. The first-order valence-electron chi connectivity index (χ1n) is 8.77. The number of rotatable bonds is 3. The standard InChI is InChI=1S/C22H31NO/c1-8-24-22(16-12-10-9-11-13-16)14-17(20(2,3)4)19(23)18(15-22)21(5,6)7/h9-15,23H,8H2,1-7H3. The van der Waals surface area contributed by atoms with Crippen LogP contribution in [0.15, 0.2) is 53.6 Å². The van der Waals surface area contributed by atoms with E-state index in [2.05, 4.69) is 65.8 Å². The molecule has 1 aliphatic carbocycles. The molecule has 1 aromatic rings. The fourth-order valence-corrected chi connectivity index (χ4v) is 3.21. The highest BCUT2D eigenvalue weighted by Crippen LogP contribution is 2.45. The predicted octanol–water partition coefficient (Wildman–Crippen LogP) is 5.90. The molecule has 0 amide bonds. The molecule has 0 aliphatic heterocycles. The van der Waals surface area contributed by atoms with Crippen LogP contribution in [0.2, 0.25) is 0 Å². The predicted molar refractivity (Wildman–Crippen MR) is 103 cm³/mol. The van der Waals surface area contributed by atoms with Crippen LogP contribution in [0.3, 0.4) is 0 Å². The van der Waals surface area contributed by atoms with Gasteiger partial charge in [0.2, 0.25) is 0 Å². The van der Waals surface area contributed by atoms with Gasteiger partial charge in [0, 0.05) is 6.61 Å². The normalized spacial score (nSPS) is 22.2. The molecule has 0 spiro atoms. The number of allylic oxidation sites excluding steroid dienone is 2. The third-order valence-electron chi connectivity index (χ3n) is 4.48. The van der Waals surface area contributed by atoms with Gasteiger partial charge in [0.05, 0.1) is 5.71 Å². The average Bonchev–Trinajstić information content (AvgIpc) is 2.48. The Morgan fingerprint density at radius 1 is 0.875 bits per heavy atom. The molecule has 0 aromatic heterocycles. The van der Waals surface area contributed by atoms with Gasteiger partial charge < -0.3 is 10.1 Å². The SMILES string of the molecule is CCOC1(c2ccccc2)C=C(C(C)(C)C)C(=N)C(C(C)(C)C)=C1. The molecule has 130 valence electrons. The summed E-state index contributed by atoms with van der Waals surface area (Å²) in [5, 5.41) is 8.79. The third kappa shape index (κ3) is 3.54. The van der Waals surface area contributed by atoms with Crippen molar-refractivity contribution in [1.82, 2.24) is 0 Å². The van der Waals surface area contributed by atoms with Gasteiger partial charge in [0.1, 0.15) is 5.60 Å². The second-order valence-electron chi connectivity index (χ2n) is 8.58. The molecule has 2 nitrogen and oxygen atoms in total. The van der Waals surface area contributed by atoms with Crippen molar-refractivity contribution in [2.24, 2.45) is 10.8 Å². The number of hydrogen-bond acceptors (Lipinski definition) is 2. The topological polar surface area (TPSA) is 33.1 Å². The van der Waals surface area contributed by atoms with Crippen LogP contribution in [-0.2, 0) is 10.3 Å². The first-order valence-corrected chi connectivity index (χ1v) is 8.77. The van der Waals surface area contributed by atoms with Crippen molar-refractivity contribution in [3.05, 3.63) is 59.2 Å². The molecule has 0 heterocycles. The molecule has 0 atom stereocenters. The molecular weight excluding hydrogens is 294 g/mol. The molecule has 0 saturated carbocycles. The molecule has 0 saturated heterocycles. The van der Waals surface area contributed by atoms with E-state index < -0.39 is 5.60 Å². The van der Waals surface area contributed by atoms with E-state index in [1.54, 1.807) is 0 Å².